The molecule has 1 atom stereocenters. The number of benzene rings is 1. The van der Waals surface area contributed by atoms with Crippen molar-refractivity contribution in [3.05, 3.63) is 23.8 Å². The molecule has 0 aliphatic carbocycles. The largest absolute Gasteiger partial charge is 0.497 e. The van der Waals surface area contributed by atoms with Crippen LogP contribution in [-0.2, 0) is 9.59 Å². The maximum absolute atomic E-state index is 13.2. The van der Waals surface area contributed by atoms with E-state index in [-0.39, 0.29) is 35.6 Å². The van der Waals surface area contributed by atoms with E-state index >= 15 is 0 Å². The Hall–Kier alpha value is -2.77. The molecule has 31 heavy (non-hydrogen) atoms. The number of hydrogen-bond acceptors (Lipinski definition) is 5. The SMILES string of the molecule is COc1cc(OC)cc(C(=O)NC(C(=O)N2CCC(C(=O)NC(C)C)CC2)C(C)C)c1. The summed E-state index contributed by atoms with van der Waals surface area (Å²) < 4.78 is 10.5. The lowest BCUT2D eigenvalue weighted by molar-refractivity contribution is -0.138. The Bertz CT molecular complexity index is 763. The number of amides is 3. The molecule has 1 heterocycles. The number of carbonyl (C=O) groups excluding carboxylic acids is 3. The van der Waals surface area contributed by atoms with Gasteiger partial charge in [-0.1, -0.05) is 13.8 Å². The molecule has 1 aliphatic rings. The highest BCUT2D eigenvalue weighted by molar-refractivity contribution is 5.98. The minimum atomic E-state index is -0.661. The predicted octanol–water partition coefficient (Wildman–Crippen LogP) is 2.22. The van der Waals surface area contributed by atoms with Crippen LogP contribution in [0.1, 0.15) is 50.9 Å². The quantitative estimate of drug-likeness (QED) is 0.655. The molecule has 2 rings (SSSR count). The molecule has 0 spiro atoms. The van der Waals surface area contributed by atoms with Gasteiger partial charge < -0.3 is 25.0 Å². The molecule has 0 saturated carbocycles. The molecule has 1 unspecified atom stereocenters. The number of hydrogen-bond donors (Lipinski definition) is 2. The van der Waals surface area contributed by atoms with E-state index in [1.807, 2.05) is 27.7 Å². The molecule has 172 valence electrons. The Labute approximate surface area is 184 Å². The maximum atomic E-state index is 13.2. The zero-order valence-corrected chi connectivity index (χ0v) is 19.4. The Morgan fingerprint density at radius 2 is 1.48 bits per heavy atom. The lowest BCUT2D eigenvalue weighted by Gasteiger charge is -2.35. The molecule has 8 heteroatoms. The van der Waals surface area contributed by atoms with Gasteiger partial charge in [-0.15, -0.1) is 0 Å². The molecular weight excluding hydrogens is 398 g/mol. The Balaban J connectivity index is 2.05. The number of likely N-dealkylation sites (tertiary alicyclic amines) is 1. The second-order valence-corrected chi connectivity index (χ2v) is 8.56. The fraction of sp³-hybridized carbons (Fsp3) is 0.609. The zero-order chi connectivity index (χ0) is 23.1. The number of nitrogens with one attached hydrogen (secondary N) is 2. The van der Waals surface area contributed by atoms with Crippen molar-refractivity contribution in [3.63, 3.8) is 0 Å². The summed E-state index contributed by atoms with van der Waals surface area (Å²) in [5.74, 6) is 0.380. The van der Waals surface area contributed by atoms with Crippen LogP contribution in [0.4, 0.5) is 0 Å². The molecule has 0 radical (unpaired) electrons. The van der Waals surface area contributed by atoms with Gasteiger partial charge >= 0.3 is 0 Å². The molecular formula is C23H35N3O5. The van der Waals surface area contributed by atoms with Crippen molar-refractivity contribution in [3.8, 4) is 11.5 Å². The summed E-state index contributed by atoms with van der Waals surface area (Å²) in [6, 6.07) is 4.34. The van der Waals surface area contributed by atoms with E-state index in [0.717, 1.165) is 0 Å². The fourth-order valence-corrected chi connectivity index (χ4v) is 3.64. The van der Waals surface area contributed by atoms with Gasteiger partial charge in [0.15, 0.2) is 0 Å². The van der Waals surface area contributed by atoms with Crippen LogP contribution >= 0.6 is 0 Å². The molecule has 1 aliphatic heterocycles. The van der Waals surface area contributed by atoms with Crippen molar-refractivity contribution >= 4 is 17.7 Å². The van der Waals surface area contributed by atoms with E-state index in [2.05, 4.69) is 10.6 Å². The minimum Gasteiger partial charge on any atom is -0.497 e. The number of methoxy groups -OCH3 is 2. The van der Waals surface area contributed by atoms with Crippen molar-refractivity contribution in [2.24, 2.45) is 11.8 Å². The first-order valence-electron chi connectivity index (χ1n) is 10.8. The lowest BCUT2D eigenvalue weighted by Crippen LogP contribution is -2.53. The van der Waals surface area contributed by atoms with E-state index in [1.54, 1.807) is 23.1 Å². The lowest BCUT2D eigenvalue weighted by atomic mass is 9.94. The van der Waals surface area contributed by atoms with Gasteiger partial charge in [0, 0.05) is 36.7 Å². The Kier molecular flexibility index (Phi) is 8.71. The molecule has 1 aromatic rings. The summed E-state index contributed by atoms with van der Waals surface area (Å²) >= 11 is 0. The monoisotopic (exact) mass is 433 g/mol. The summed E-state index contributed by atoms with van der Waals surface area (Å²) in [4.78, 5) is 40.0. The second-order valence-electron chi connectivity index (χ2n) is 8.56. The molecule has 8 nitrogen and oxygen atoms in total. The highest BCUT2D eigenvalue weighted by atomic mass is 16.5. The number of carbonyl (C=O) groups is 3. The van der Waals surface area contributed by atoms with Crippen LogP contribution in [0.2, 0.25) is 0 Å². The minimum absolute atomic E-state index is 0.0442. The van der Waals surface area contributed by atoms with Crippen LogP contribution in [0, 0.1) is 11.8 Å². The number of rotatable bonds is 8. The summed E-state index contributed by atoms with van der Waals surface area (Å²) in [5, 5.41) is 5.81. The summed E-state index contributed by atoms with van der Waals surface area (Å²) in [6.45, 7) is 8.67. The van der Waals surface area contributed by atoms with Crippen molar-refractivity contribution in [1.82, 2.24) is 15.5 Å². The van der Waals surface area contributed by atoms with Crippen molar-refractivity contribution in [1.29, 1.82) is 0 Å². The Morgan fingerprint density at radius 3 is 1.94 bits per heavy atom. The van der Waals surface area contributed by atoms with Crippen LogP contribution in [0.3, 0.4) is 0 Å². The van der Waals surface area contributed by atoms with E-state index < -0.39 is 6.04 Å². The number of nitrogens with zero attached hydrogens (tertiary/aromatic N) is 1. The van der Waals surface area contributed by atoms with Crippen LogP contribution < -0.4 is 20.1 Å². The third-order valence-corrected chi connectivity index (χ3v) is 5.44. The second kappa shape index (κ2) is 11.0. The molecule has 1 aromatic carbocycles. The average molecular weight is 434 g/mol. The average Bonchev–Trinajstić information content (AvgIpc) is 2.75. The molecule has 3 amide bonds. The molecule has 1 saturated heterocycles. The van der Waals surface area contributed by atoms with Gasteiger partial charge in [0.2, 0.25) is 11.8 Å². The van der Waals surface area contributed by atoms with Gasteiger partial charge in [-0.2, -0.15) is 0 Å². The standard InChI is InChI=1S/C23H35N3O5/c1-14(2)20(25-22(28)17-11-18(30-5)13-19(12-17)31-6)23(29)26-9-7-16(8-10-26)21(27)24-15(3)4/h11-16,20H,7-10H2,1-6H3,(H,24,27)(H,25,28). The predicted molar refractivity (Wildman–Crippen MR) is 118 cm³/mol. The van der Waals surface area contributed by atoms with E-state index in [4.69, 9.17) is 9.47 Å². The smallest absolute Gasteiger partial charge is 0.252 e. The number of ether oxygens (including phenoxy) is 2. The normalized spacial score (nSPS) is 15.5. The number of piperidine rings is 1. The topological polar surface area (TPSA) is 97.0 Å². The first kappa shape index (κ1) is 24.5. The third-order valence-electron chi connectivity index (χ3n) is 5.44. The molecule has 0 bridgehead atoms. The molecule has 2 N–H and O–H groups in total. The third kappa shape index (κ3) is 6.60. The molecule has 0 aromatic heterocycles. The van der Waals surface area contributed by atoms with E-state index in [0.29, 0.717) is 43.0 Å². The zero-order valence-electron chi connectivity index (χ0n) is 19.4. The van der Waals surface area contributed by atoms with Crippen molar-refractivity contribution in [2.75, 3.05) is 27.3 Å². The van der Waals surface area contributed by atoms with Gasteiger partial charge in [-0.25, -0.2) is 0 Å². The van der Waals surface area contributed by atoms with Gasteiger partial charge in [0.25, 0.3) is 5.91 Å². The van der Waals surface area contributed by atoms with Crippen LogP contribution in [0.5, 0.6) is 11.5 Å². The van der Waals surface area contributed by atoms with Crippen LogP contribution in [0.25, 0.3) is 0 Å². The Morgan fingerprint density at radius 1 is 0.935 bits per heavy atom. The van der Waals surface area contributed by atoms with Crippen LogP contribution in [0.15, 0.2) is 18.2 Å². The first-order valence-corrected chi connectivity index (χ1v) is 10.8. The van der Waals surface area contributed by atoms with Crippen LogP contribution in [-0.4, -0.2) is 62.0 Å². The highest BCUT2D eigenvalue weighted by Crippen LogP contribution is 2.23. The molecule has 1 fully saturated rings. The van der Waals surface area contributed by atoms with E-state index in [9.17, 15) is 14.4 Å². The van der Waals surface area contributed by atoms with Gasteiger partial charge in [0.1, 0.15) is 17.5 Å². The summed E-state index contributed by atoms with van der Waals surface area (Å²) in [5.41, 5.74) is 0.360. The summed E-state index contributed by atoms with van der Waals surface area (Å²) in [7, 11) is 3.03. The van der Waals surface area contributed by atoms with Crippen molar-refractivity contribution in [2.45, 2.75) is 52.6 Å². The first-order chi connectivity index (χ1) is 14.7. The van der Waals surface area contributed by atoms with Gasteiger partial charge in [-0.05, 0) is 44.7 Å². The fourth-order valence-electron chi connectivity index (χ4n) is 3.64. The summed E-state index contributed by atoms with van der Waals surface area (Å²) in [6.07, 6.45) is 1.24. The van der Waals surface area contributed by atoms with Crippen molar-refractivity contribution < 1.29 is 23.9 Å². The maximum Gasteiger partial charge on any atom is 0.252 e. The highest BCUT2D eigenvalue weighted by Gasteiger charge is 2.33. The van der Waals surface area contributed by atoms with Gasteiger partial charge in [0.05, 0.1) is 14.2 Å². The van der Waals surface area contributed by atoms with Gasteiger partial charge in [-0.3, -0.25) is 14.4 Å². The van der Waals surface area contributed by atoms with E-state index in [1.165, 1.54) is 14.2 Å².